The first kappa shape index (κ1) is 9.98. The monoisotopic (exact) mass is 298 g/mol. The second kappa shape index (κ2) is 4.23. The van der Waals surface area contributed by atoms with Crippen LogP contribution in [-0.4, -0.2) is 9.97 Å². The summed E-state index contributed by atoms with van der Waals surface area (Å²) >= 11 is 7.53. The lowest BCUT2D eigenvalue weighted by Crippen LogP contribution is -2.17. The number of nitrogens with one attached hydrogen (secondary N) is 1. The molecule has 1 heterocycles. The van der Waals surface area contributed by atoms with Gasteiger partial charge < -0.3 is 4.98 Å². The van der Waals surface area contributed by atoms with Crippen LogP contribution < -0.4 is 5.56 Å². The van der Waals surface area contributed by atoms with E-state index < -0.39 is 0 Å². The van der Waals surface area contributed by atoms with Gasteiger partial charge in [0.05, 0.1) is 15.1 Å². The normalized spacial score (nSPS) is 10.2. The van der Waals surface area contributed by atoms with Gasteiger partial charge in [0.1, 0.15) is 5.82 Å². The molecular formula is C7H8ClIN2O. The maximum absolute atomic E-state index is 11.2. The van der Waals surface area contributed by atoms with E-state index in [1.807, 2.05) is 29.5 Å². The molecule has 0 aliphatic heterocycles. The van der Waals surface area contributed by atoms with Crippen LogP contribution in [0.2, 0.25) is 0 Å². The predicted molar refractivity (Wildman–Crippen MR) is 56.5 cm³/mol. The summed E-state index contributed by atoms with van der Waals surface area (Å²) < 4.78 is 0.656. The van der Waals surface area contributed by atoms with Crippen LogP contribution in [-0.2, 0) is 12.3 Å². The summed E-state index contributed by atoms with van der Waals surface area (Å²) in [6.07, 6.45) is 0.756. The molecule has 0 aromatic carbocycles. The van der Waals surface area contributed by atoms with Crippen molar-refractivity contribution >= 4 is 34.2 Å². The zero-order chi connectivity index (χ0) is 9.14. The maximum Gasteiger partial charge on any atom is 0.264 e. The van der Waals surface area contributed by atoms with Crippen LogP contribution >= 0.6 is 34.2 Å². The van der Waals surface area contributed by atoms with Crippen molar-refractivity contribution in [2.75, 3.05) is 0 Å². The Hall–Kier alpha value is -0.100. The average molecular weight is 299 g/mol. The lowest BCUT2D eigenvalue weighted by atomic mass is 10.3. The number of hydrogen-bond acceptors (Lipinski definition) is 2. The van der Waals surface area contributed by atoms with E-state index in [0.29, 0.717) is 9.39 Å². The van der Waals surface area contributed by atoms with Gasteiger partial charge in [0.2, 0.25) is 0 Å². The Morgan fingerprint density at radius 2 is 2.33 bits per heavy atom. The smallest absolute Gasteiger partial charge is 0.264 e. The van der Waals surface area contributed by atoms with Gasteiger partial charge in [-0.05, 0) is 29.0 Å². The zero-order valence-corrected chi connectivity index (χ0v) is 9.44. The summed E-state index contributed by atoms with van der Waals surface area (Å²) in [4.78, 5) is 18.0. The number of H-pyrrole nitrogens is 1. The number of hydrogen-bond donors (Lipinski definition) is 1. The standard InChI is InChI=1S/C7H8ClIN2O/c1-2-4-6(9)7(12)11-5(3-8)10-4/h2-3H2,1H3,(H,10,11,12). The molecule has 0 spiro atoms. The minimum atomic E-state index is -0.0990. The number of alkyl halides is 1. The fourth-order valence-electron chi connectivity index (χ4n) is 0.854. The van der Waals surface area contributed by atoms with Crippen molar-refractivity contribution in [3.8, 4) is 0 Å². The minimum absolute atomic E-state index is 0.0990. The molecule has 3 nitrogen and oxygen atoms in total. The van der Waals surface area contributed by atoms with Crippen molar-refractivity contribution in [3.05, 3.63) is 25.4 Å². The fourth-order valence-corrected chi connectivity index (χ4v) is 1.62. The Bertz CT molecular complexity index is 337. The maximum atomic E-state index is 11.2. The van der Waals surface area contributed by atoms with E-state index in [1.54, 1.807) is 0 Å². The highest BCUT2D eigenvalue weighted by Gasteiger charge is 2.05. The zero-order valence-electron chi connectivity index (χ0n) is 6.53. The van der Waals surface area contributed by atoms with Crippen LogP contribution in [0.15, 0.2) is 4.79 Å². The molecule has 0 radical (unpaired) electrons. The van der Waals surface area contributed by atoms with Gasteiger partial charge in [0.25, 0.3) is 5.56 Å². The van der Waals surface area contributed by atoms with Crippen LogP contribution in [0.4, 0.5) is 0 Å². The summed E-state index contributed by atoms with van der Waals surface area (Å²) in [6, 6.07) is 0. The average Bonchev–Trinajstić information content (AvgIpc) is 2.09. The third-order valence-corrected chi connectivity index (χ3v) is 2.81. The van der Waals surface area contributed by atoms with Crippen molar-refractivity contribution in [2.24, 2.45) is 0 Å². The number of aryl methyl sites for hydroxylation is 1. The first-order chi connectivity index (χ1) is 5.69. The van der Waals surface area contributed by atoms with E-state index >= 15 is 0 Å². The van der Waals surface area contributed by atoms with Crippen molar-refractivity contribution in [1.29, 1.82) is 0 Å². The van der Waals surface area contributed by atoms with Crippen LogP contribution in [0.1, 0.15) is 18.4 Å². The van der Waals surface area contributed by atoms with Crippen molar-refractivity contribution in [1.82, 2.24) is 9.97 Å². The van der Waals surface area contributed by atoms with E-state index in [1.165, 1.54) is 0 Å². The number of aromatic amines is 1. The number of rotatable bonds is 2. The Labute approximate surface area is 88.7 Å². The van der Waals surface area contributed by atoms with E-state index in [4.69, 9.17) is 11.6 Å². The molecule has 0 bridgehead atoms. The Morgan fingerprint density at radius 3 is 2.83 bits per heavy atom. The number of halogens is 2. The third-order valence-electron chi connectivity index (χ3n) is 1.44. The molecule has 0 saturated carbocycles. The first-order valence-electron chi connectivity index (χ1n) is 3.52. The van der Waals surface area contributed by atoms with Gasteiger partial charge in [0.15, 0.2) is 0 Å². The van der Waals surface area contributed by atoms with E-state index in [2.05, 4.69) is 9.97 Å². The first-order valence-corrected chi connectivity index (χ1v) is 5.14. The largest absolute Gasteiger partial charge is 0.309 e. The molecule has 12 heavy (non-hydrogen) atoms. The predicted octanol–water partition coefficient (Wildman–Crippen LogP) is 1.68. The molecule has 0 saturated heterocycles. The Morgan fingerprint density at radius 1 is 1.67 bits per heavy atom. The highest BCUT2D eigenvalue weighted by atomic mass is 127. The topological polar surface area (TPSA) is 45.8 Å². The molecular weight excluding hydrogens is 290 g/mol. The number of nitrogens with zero attached hydrogens (tertiary/aromatic N) is 1. The van der Waals surface area contributed by atoms with Gasteiger partial charge in [-0.25, -0.2) is 4.98 Å². The van der Waals surface area contributed by atoms with Gasteiger partial charge in [-0.15, -0.1) is 11.6 Å². The van der Waals surface area contributed by atoms with Gasteiger partial charge >= 0.3 is 0 Å². The summed E-state index contributed by atoms with van der Waals surface area (Å²) in [7, 11) is 0. The molecule has 0 aliphatic carbocycles. The van der Waals surface area contributed by atoms with E-state index in [9.17, 15) is 4.79 Å². The van der Waals surface area contributed by atoms with Crippen LogP contribution in [0, 0.1) is 3.57 Å². The van der Waals surface area contributed by atoms with Gasteiger partial charge in [-0.2, -0.15) is 0 Å². The summed E-state index contributed by atoms with van der Waals surface area (Å²) in [6.45, 7) is 1.96. The van der Waals surface area contributed by atoms with Gasteiger partial charge in [0, 0.05) is 0 Å². The summed E-state index contributed by atoms with van der Waals surface area (Å²) in [5.41, 5.74) is 0.716. The minimum Gasteiger partial charge on any atom is -0.309 e. The van der Waals surface area contributed by atoms with Crippen molar-refractivity contribution < 1.29 is 0 Å². The van der Waals surface area contributed by atoms with Gasteiger partial charge in [-0.3, -0.25) is 4.79 Å². The molecule has 1 aromatic heterocycles. The molecule has 0 aliphatic rings. The molecule has 0 fully saturated rings. The van der Waals surface area contributed by atoms with Crippen molar-refractivity contribution in [3.63, 3.8) is 0 Å². The quantitative estimate of drug-likeness (QED) is 0.667. The lowest BCUT2D eigenvalue weighted by molar-refractivity contribution is 0.903. The fraction of sp³-hybridized carbons (Fsp3) is 0.429. The summed E-state index contributed by atoms with van der Waals surface area (Å²) in [5.74, 6) is 0.790. The van der Waals surface area contributed by atoms with Crippen LogP contribution in [0.5, 0.6) is 0 Å². The van der Waals surface area contributed by atoms with E-state index in [0.717, 1.165) is 12.1 Å². The molecule has 0 unspecified atom stereocenters. The van der Waals surface area contributed by atoms with E-state index in [-0.39, 0.29) is 11.4 Å². The molecule has 66 valence electrons. The molecule has 1 rings (SSSR count). The highest BCUT2D eigenvalue weighted by Crippen LogP contribution is 2.05. The van der Waals surface area contributed by atoms with Gasteiger partial charge in [-0.1, -0.05) is 6.92 Å². The molecule has 1 N–H and O–H groups in total. The molecule has 0 amide bonds. The Kier molecular flexibility index (Phi) is 3.52. The molecule has 5 heteroatoms. The SMILES string of the molecule is CCc1nc(CCl)[nH]c(=O)c1I. The Balaban J connectivity index is 3.29. The molecule has 0 atom stereocenters. The summed E-state index contributed by atoms with van der Waals surface area (Å²) in [5, 5.41) is 0. The highest BCUT2D eigenvalue weighted by molar-refractivity contribution is 14.1. The second-order valence-electron chi connectivity index (χ2n) is 2.26. The second-order valence-corrected chi connectivity index (χ2v) is 3.61. The third kappa shape index (κ3) is 1.98. The van der Waals surface area contributed by atoms with Crippen LogP contribution in [0.3, 0.4) is 0 Å². The van der Waals surface area contributed by atoms with Crippen molar-refractivity contribution in [2.45, 2.75) is 19.2 Å². The van der Waals surface area contributed by atoms with Crippen LogP contribution in [0.25, 0.3) is 0 Å². The molecule has 1 aromatic rings. The lowest BCUT2D eigenvalue weighted by Gasteiger charge is -2.01. The number of aromatic nitrogens is 2.